The first-order chi connectivity index (χ1) is 11.7. The standard InChI is InChI=1S/C18H28N2O4S/c1-13(2)18(21)19-25(22,23)17-7-5-15(6-8-17)20-11-9-16(10-12-20)24-14(3)4/h5-8,13-14,16H,9-12H2,1-4H3,(H,19,21). The number of nitrogens with zero attached hydrogens (tertiary/aromatic N) is 1. The molecule has 1 aromatic rings. The Labute approximate surface area is 150 Å². The van der Waals surface area contributed by atoms with E-state index in [4.69, 9.17) is 4.74 Å². The number of amides is 1. The van der Waals surface area contributed by atoms with Gasteiger partial charge in [0.25, 0.3) is 10.0 Å². The van der Waals surface area contributed by atoms with E-state index in [1.165, 1.54) is 0 Å². The minimum atomic E-state index is -3.81. The maximum Gasteiger partial charge on any atom is 0.264 e. The molecule has 1 heterocycles. The Morgan fingerprint density at radius 1 is 1.12 bits per heavy atom. The Morgan fingerprint density at radius 2 is 1.68 bits per heavy atom. The predicted octanol–water partition coefficient (Wildman–Crippen LogP) is 2.54. The zero-order valence-corrected chi connectivity index (χ0v) is 16.2. The van der Waals surface area contributed by atoms with Crippen LogP contribution in [-0.2, 0) is 19.6 Å². The van der Waals surface area contributed by atoms with Gasteiger partial charge in [-0.1, -0.05) is 13.8 Å². The summed E-state index contributed by atoms with van der Waals surface area (Å²) in [6.07, 6.45) is 2.45. The number of carbonyl (C=O) groups excluding carboxylic acids is 1. The van der Waals surface area contributed by atoms with E-state index >= 15 is 0 Å². The lowest BCUT2D eigenvalue weighted by atomic mass is 10.1. The first-order valence-electron chi connectivity index (χ1n) is 8.76. The minimum Gasteiger partial charge on any atom is -0.375 e. The average molecular weight is 368 g/mol. The van der Waals surface area contributed by atoms with E-state index < -0.39 is 15.9 Å². The molecule has 0 bridgehead atoms. The fourth-order valence-electron chi connectivity index (χ4n) is 2.78. The second-order valence-corrected chi connectivity index (χ2v) is 8.67. The van der Waals surface area contributed by atoms with Crippen molar-refractivity contribution in [3.63, 3.8) is 0 Å². The van der Waals surface area contributed by atoms with Crippen molar-refractivity contribution in [1.29, 1.82) is 0 Å². The Kier molecular flexibility index (Phi) is 6.46. The number of nitrogens with one attached hydrogen (secondary N) is 1. The molecule has 1 aromatic carbocycles. The molecule has 0 radical (unpaired) electrons. The maximum atomic E-state index is 12.2. The molecule has 1 aliphatic heterocycles. The van der Waals surface area contributed by atoms with Gasteiger partial charge < -0.3 is 9.64 Å². The highest BCUT2D eigenvalue weighted by Crippen LogP contribution is 2.23. The van der Waals surface area contributed by atoms with Gasteiger partial charge in [0.15, 0.2) is 0 Å². The van der Waals surface area contributed by atoms with Crippen LogP contribution in [0.2, 0.25) is 0 Å². The van der Waals surface area contributed by atoms with Crippen LogP contribution in [0.5, 0.6) is 0 Å². The van der Waals surface area contributed by atoms with Crippen LogP contribution in [-0.4, -0.2) is 39.6 Å². The van der Waals surface area contributed by atoms with Crippen LogP contribution in [0.15, 0.2) is 29.2 Å². The van der Waals surface area contributed by atoms with Gasteiger partial charge in [0, 0.05) is 24.7 Å². The molecule has 0 aromatic heterocycles. The lowest BCUT2D eigenvalue weighted by molar-refractivity contribution is -0.122. The fourth-order valence-corrected chi connectivity index (χ4v) is 3.89. The van der Waals surface area contributed by atoms with Crippen LogP contribution in [0.1, 0.15) is 40.5 Å². The van der Waals surface area contributed by atoms with Gasteiger partial charge in [0.1, 0.15) is 0 Å². The van der Waals surface area contributed by atoms with Crippen molar-refractivity contribution in [1.82, 2.24) is 4.72 Å². The Bertz CT molecular complexity index is 676. The number of ether oxygens (including phenoxy) is 1. The Morgan fingerprint density at radius 3 is 2.16 bits per heavy atom. The number of sulfonamides is 1. The maximum absolute atomic E-state index is 12.2. The normalized spacial score (nSPS) is 16.5. The zero-order valence-electron chi connectivity index (χ0n) is 15.4. The molecule has 2 rings (SSSR count). The quantitative estimate of drug-likeness (QED) is 0.835. The largest absolute Gasteiger partial charge is 0.375 e. The van der Waals surface area contributed by atoms with Crippen molar-refractivity contribution in [3.05, 3.63) is 24.3 Å². The molecule has 1 N–H and O–H groups in total. The number of piperidine rings is 1. The van der Waals surface area contributed by atoms with Gasteiger partial charge in [-0.05, 0) is 51.0 Å². The zero-order chi connectivity index (χ0) is 18.6. The third-order valence-corrected chi connectivity index (χ3v) is 5.54. The van der Waals surface area contributed by atoms with Crippen molar-refractivity contribution in [2.75, 3.05) is 18.0 Å². The molecule has 0 saturated carbocycles. The summed E-state index contributed by atoms with van der Waals surface area (Å²) in [6.45, 7) is 9.16. The summed E-state index contributed by atoms with van der Waals surface area (Å²) < 4.78 is 32.4. The monoisotopic (exact) mass is 368 g/mol. The molecule has 1 fully saturated rings. The third-order valence-electron chi connectivity index (χ3n) is 4.18. The lowest BCUT2D eigenvalue weighted by Crippen LogP contribution is -2.38. The molecular weight excluding hydrogens is 340 g/mol. The number of hydrogen-bond donors (Lipinski definition) is 1. The van der Waals surface area contributed by atoms with Crippen LogP contribution >= 0.6 is 0 Å². The van der Waals surface area contributed by atoms with E-state index in [0.717, 1.165) is 31.6 Å². The molecule has 25 heavy (non-hydrogen) atoms. The summed E-state index contributed by atoms with van der Waals surface area (Å²) in [6, 6.07) is 6.67. The third kappa shape index (κ3) is 5.44. The average Bonchev–Trinajstić information content (AvgIpc) is 2.54. The van der Waals surface area contributed by atoms with Crippen molar-refractivity contribution in [2.24, 2.45) is 5.92 Å². The van der Waals surface area contributed by atoms with Crippen LogP contribution in [0.25, 0.3) is 0 Å². The number of rotatable bonds is 6. The predicted molar refractivity (Wildman–Crippen MR) is 98.1 cm³/mol. The summed E-state index contributed by atoms with van der Waals surface area (Å²) in [5.74, 6) is -0.889. The Hall–Kier alpha value is -1.60. The van der Waals surface area contributed by atoms with E-state index in [9.17, 15) is 13.2 Å². The second kappa shape index (κ2) is 8.19. The number of anilines is 1. The van der Waals surface area contributed by atoms with E-state index in [0.29, 0.717) is 6.10 Å². The van der Waals surface area contributed by atoms with E-state index in [-0.39, 0.29) is 16.9 Å². The number of carbonyl (C=O) groups is 1. The first-order valence-corrected chi connectivity index (χ1v) is 10.2. The first kappa shape index (κ1) is 19.7. The highest BCUT2D eigenvalue weighted by molar-refractivity contribution is 7.90. The molecule has 0 spiro atoms. The summed E-state index contributed by atoms with van der Waals surface area (Å²) in [4.78, 5) is 14.0. The van der Waals surface area contributed by atoms with Gasteiger partial charge in [-0.3, -0.25) is 4.79 Å². The van der Waals surface area contributed by atoms with Gasteiger partial charge in [-0.15, -0.1) is 0 Å². The van der Waals surface area contributed by atoms with Crippen molar-refractivity contribution in [3.8, 4) is 0 Å². The molecule has 140 valence electrons. The van der Waals surface area contributed by atoms with Crippen LogP contribution < -0.4 is 9.62 Å². The smallest absolute Gasteiger partial charge is 0.264 e. The molecule has 1 saturated heterocycles. The fraction of sp³-hybridized carbons (Fsp3) is 0.611. The van der Waals surface area contributed by atoms with Gasteiger partial charge in [-0.2, -0.15) is 0 Å². The van der Waals surface area contributed by atoms with Gasteiger partial charge in [0.05, 0.1) is 17.1 Å². The van der Waals surface area contributed by atoms with Crippen LogP contribution in [0.4, 0.5) is 5.69 Å². The summed E-state index contributed by atoms with van der Waals surface area (Å²) in [7, 11) is -3.81. The minimum absolute atomic E-state index is 0.100. The van der Waals surface area contributed by atoms with Gasteiger partial charge >= 0.3 is 0 Å². The van der Waals surface area contributed by atoms with Gasteiger partial charge in [-0.25, -0.2) is 13.1 Å². The Balaban J connectivity index is 2.00. The molecule has 0 aliphatic carbocycles. The molecule has 1 amide bonds. The van der Waals surface area contributed by atoms with Crippen LogP contribution in [0.3, 0.4) is 0 Å². The topological polar surface area (TPSA) is 75.7 Å². The number of hydrogen-bond acceptors (Lipinski definition) is 5. The van der Waals surface area contributed by atoms with Crippen molar-refractivity contribution in [2.45, 2.75) is 57.6 Å². The van der Waals surface area contributed by atoms with E-state index in [1.54, 1.807) is 38.1 Å². The SMILES string of the molecule is CC(C)OC1CCN(c2ccc(S(=O)(=O)NC(=O)C(C)C)cc2)CC1. The van der Waals surface area contributed by atoms with E-state index in [2.05, 4.69) is 9.62 Å². The summed E-state index contributed by atoms with van der Waals surface area (Å²) >= 11 is 0. The van der Waals surface area contributed by atoms with Crippen molar-refractivity contribution < 1.29 is 17.9 Å². The molecule has 1 aliphatic rings. The number of benzene rings is 1. The lowest BCUT2D eigenvalue weighted by Gasteiger charge is -2.34. The van der Waals surface area contributed by atoms with Gasteiger partial charge in [0.2, 0.25) is 5.91 Å². The molecule has 6 nitrogen and oxygen atoms in total. The van der Waals surface area contributed by atoms with Crippen molar-refractivity contribution >= 4 is 21.6 Å². The van der Waals surface area contributed by atoms with E-state index in [1.807, 2.05) is 13.8 Å². The molecular formula is C18H28N2O4S. The molecule has 7 heteroatoms. The van der Waals surface area contributed by atoms with Crippen LogP contribution in [0, 0.1) is 5.92 Å². The summed E-state index contributed by atoms with van der Waals surface area (Å²) in [5.41, 5.74) is 0.983. The second-order valence-electron chi connectivity index (χ2n) is 6.99. The molecule has 0 atom stereocenters. The summed E-state index contributed by atoms with van der Waals surface area (Å²) in [5, 5.41) is 0. The highest BCUT2D eigenvalue weighted by Gasteiger charge is 2.22. The highest BCUT2D eigenvalue weighted by atomic mass is 32.2. The molecule has 0 unspecified atom stereocenters.